The van der Waals surface area contributed by atoms with Crippen molar-refractivity contribution in [2.75, 3.05) is 13.0 Å². The van der Waals surface area contributed by atoms with Gasteiger partial charge in [-0.25, -0.2) is 0 Å². The molecule has 0 amide bonds. The standard InChI is InChI=1S/C17H27ClO3/c1-11(16(2,20-3)21-15(19)10-18)17-7-12-4-13(8-17)6-14(5-12)9-17/h11-14H,4-10H2,1-3H3. The number of halogens is 1. The van der Waals surface area contributed by atoms with E-state index in [-0.39, 0.29) is 17.2 Å². The second kappa shape index (κ2) is 5.42. The van der Waals surface area contributed by atoms with Gasteiger partial charge in [-0.3, -0.25) is 4.79 Å². The molecule has 2 atom stereocenters. The van der Waals surface area contributed by atoms with Gasteiger partial charge in [0.25, 0.3) is 0 Å². The van der Waals surface area contributed by atoms with Crippen molar-refractivity contribution in [3.63, 3.8) is 0 Å². The highest BCUT2D eigenvalue weighted by Gasteiger charge is 2.57. The van der Waals surface area contributed by atoms with E-state index in [9.17, 15) is 4.79 Å². The maximum atomic E-state index is 11.7. The van der Waals surface area contributed by atoms with Crippen molar-refractivity contribution in [2.24, 2.45) is 29.1 Å². The number of hydrogen-bond acceptors (Lipinski definition) is 3. The van der Waals surface area contributed by atoms with Gasteiger partial charge in [-0.05, 0) is 61.7 Å². The van der Waals surface area contributed by atoms with E-state index < -0.39 is 11.8 Å². The van der Waals surface area contributed by atoms with Crippen molar-refractivity contribution in [3.05, 3.63) is 0 Å². The molecule has 0 aromatic heterocycles. The normalized spacial score (nSPS) is 41.6. The van der Waals surface area contributed by atoms with E-state index in [1.807, 2.05) is 6.92 Å². The Morgan fingerprint density at radius 1 is 1.24 bits per heavy atom. The van der Waals surface area contributed by atoms with Crippen LogP contribution >= 0.6 is 11.6 Å². The molecule has 4 heteroatoms. The van der Waals surface area contributed by atoms with Crippen LogP contribution in [0.5, 0.6) is 0 Å². The molecule has 4 rings (SSSR count). The second-order valence-electron chi connectivity index (χ2n) is 7.83. The van der Waals surface area contributed by atoms with Crippen molar-refractivity contribution in [1.82, 2.24) is 0 Å². The Morgan fingerprint density at radius 2 is 1.71 bits per heavy atom. The number of alkyl halides is 1. The monoisotopic (exact) mass is 314 g/mol. The molecule has 3 nitrogen and oxygen atoms in total. The topological polar surface area (TPSA) is 35.5 Å². The van der Waals surface area contributed by atoms with Crippen LogP contribution in [0.15, 0.2) is 0 Å². The maximum Gasteiger partial charge on any atom is 0.323 e. The Balaban J connectivity index is 1.82. The van der Waals surface area contributed by atoms with E-state index in [4.69, 9.17) is 21.1 Å². The average Bonchev–Trinajstić information content (AvgIpc) is 2.44. The quantitative estimate of drug-likeness (QED) is 0.437. The molecule has 4 aliphatic rings. The fourth-order valence-electron chi connectivity index (χ4n) is 5.82. The first-order valence-corrected chi connectivity index (χ1v) is 8.77. The van der Waals surface area contributed by atoms with Crippen molar-refractivity contribution >= 4 is 17.6 Å². The predicted molar refractivity (Wildman–Crippen MR) is 82.0 cm³/mol. The van der Waals surface area contributed by atoms with Crippen LogP contribution in [0.3, 0.4) is 0 Å². The molecule has 4 bridgehead atoms. The summed E-state index contributed by atoms with van der Waals surface area (Å²) in [5.74, 6) is 1.47. The van der Waals surface area contributed by atoms with E-state index in [0.717, 1.165) is 17.8 Å². The summed E-state index contributed by atoms with van der Waals surface area (Å²) in [6.07, 6.45) is 8.07. The van der Waals surface area contributed by atoms with E-state index in [0.29, 0.717) is 0 Å². The first-order valence-electron chi connectivity index (χ1n) is 8.24. The fourth-order valence-corrected chi connectivity index (χ4v) is 5.88. The Hall–Kier alpha value is -0.280. The van der Waals surface area contributed by atoms with Gasteiger partial charge >= 0.3 is 5.97 Å². The Bertz CT molecular complexity index is 387. The predicted octanol–water partition coefficient (Wildman–Crippen LogP) is 3.98. The zero-order chi connectivity index (χ0) is 15.3. The largest absolute Gasteiger partial charge is 0.432 e. The van der Waals surface area contributed by atoms with Crippen LogP contribution in [-0.4, -0.2) is 24.7 Å². The lowest BCUT2D eigenvalue weighted by Gasteiger charge is -2.61. The number of carbonyl (C=O) groups is 1. The molecule has 4 aliphatic carbocycles. The summed E-state index contributed by atoms with van der Waals surface area (Å²) in [5.41, 5.74) is 0.284. The zero-order valence-electron chi connectivity index (χ0n) is 13.4. The lowest BCUT2D eigenvalue weighted by atomic mass is 9.46. The Labute approximate surface area is 132 Å². The molecule has 0 aliphatic heterocycles. The summed E-state index contributed by atoms with van der Waals surface area (Å²) in [7, 11) is 1.64. The average molecular weight is 315 g/mol. The number of hydrogen-bond donors (Lipinski definition) is 0. The second-order valence-corrected chi connectivity index (χ2v) is 8.10. The van der Waals surface area contributed by atoms with Gasteiger partial charge in [-0.1, -0.05) is 6.92 Å². The molecular formula is C17H27ClO3. The maximum absolute atomic E-state index is 11.7. The third-order valence-electron chi connectivity index (χ3n) is 6.62. The first-order chi connectivity index (χ1) is 9.90. The summed E-state index contributed by atoms with van der Waals surface area (Å²) in [6.45, 7) is 4.11. The van der Waals surface area contributed by atoms with Crippen LogP contribution in [0.2, 0.25) is 0 Å². The van der Waals surface area contributed by atoms with Crippen molar-refractivity contribution < 1.29 is 14.3 Å². The summed E-state index contributed by atoms with van der Waals surface area (Å²) in [5, 5.41) is 0. The van der Waals surface area contributed by atoms with E-state index in [1.54, 1.807) is 7.11 Å². The molecule has 120 valence electrons. The zero-order valence-corrected chi connectivity index (χ0v) is 14.1. The van der Waals surface area contributed by atoms with Gasteiger partial charge < -0.3 is 9.47 Å². The van der Waals surface area contributed by atoms with Crippen LogP contribution in [0.25, 0.3) is 0 Å². The van der Waals surface area contributed by atoms with Crippen LogP contribution in [0.1, 0.15) is 52.4 Å². The Morgan fingerprint density at radius 3 is 2.10 bits per heavy atom. The van der Waals surface area contributed by atoms with Gasteiger partial charge in [0, 0.05) is 20.0 Å². The minimum atomic E-state index is -0.863. The van der Waals surface area contributed by atoms with Crippen LogP contribution in [-0.2, 0) is 14.3 Å². The molecule has 4 saturated carbocycles. The van der Waals surface area contributed by atoms with Gasteiger partial charge in [0.15, 0.2) is 0 Å². The first kappa shape index (κ1) is 15.6. The highest BCUT2D eigenvalue weighted by Crippen LogP contribution is 2.64. The van der Waals surface area contributed by atoms with Gasteiger partial charge in [-0.2, -0.15) is 0 Å². The smallest absolute Gasteiger partial charge is 0.323 e. The third-order valence-corrected chi connectivity index (χ3v) is 6.84. The summed E-state index contributed by atoms with van der Waals surface area (Å²) in [4.78, 5) is 11.7. The molecule has 21 heavy (non-hydrogen) atoms. The van der Waals surface area contributed by atoms with E-state index >= 15 is 0 Å². The van der Waals surface area contributed by atoms with Crippen LogP contribution in [0.4, 0.5) is 0 Å². The molecule has 4 fully saturated rings. The molecule has 2 unspecified atom stereocenters. The third kappa shape index (κ3) is 2.61. The molecule has 0 aromatic carbocycles. The molecule has 0 spiro atoms. The molecular weight excluding hydrogens is 288 g/mol. The van der Waals surface area contributed by atoms with Gasteiger partial charge in [0.1, 0.15) is 5.88 Å². The van der Waals surface area contributed by atoms with E-state index in [2.05, 4.69) is 6.92 Å². The number of carbonyl (C=O) groups excluding carboxylic acids is 1. The van der Waals surface area contributed by atoms with Crippen molar-refractivity contribution in [1.29, 1.82) is 0 Å². The molecule has 0 saturated heterocycles. The van der Waals surface area contributed by atoms with Crippen molar-refractivity contribution in [2.45, 2.75) is 58.2 Å². The lowest BCUT2D eigenvalue weighted by Crippen LogP contribution is -2.56. The summed E-state index contributed by atoms with van der Waals surface area (Å²) in [6, 6.07) is 0. The minimum absolute atomic E-state index is 0.119. The number of rotatable bonds is 5. The molecule has 0 radical (unpaired) electrons. The summed E-state index contributed by atoms with van der Waals surface area (Å²) >= 11 is 5.61. The van der Waals surface area contributed by atoms with Gasteiger partial charge in [-0.15, -0.1) is 11.6 Å². The number of ether oxygens (including phenoxy) is 2. The minimum Gasteiger partial charge on any atom is -0.432 e. The van der Waals surface area contributed by atoms with E-state index in [1.165, 1.54) is 38.5 Å². The lowest BCUT2D eigenvalue weighted by molar-refractivity contribution is -0.263. The SMILES string of the molecule is COC(C)(OC(=O)CCl)C(C)C12CC3CC(CC(C3)C1)C2. The van der Waals surface area contributed by atoms with Crippen molar-refractivity contribution in [3.8, 4) is 0 Å². The molecule has 0 N–H and O–H groups in total. The highest BCUT2D eigenvalue weighted by atomic mass is 35.5. The number of methoxy groups -OCH3 is 1. The van der Waals surface area contributed by atoms with Crippen LogP contribution in [0, 0.1) is 29.1 Å². The Kier molecular flexibility index (Phi) is 4.03. The van der Waals surface area contributed by atoms with Gasteiger partial charge in [0.05, 0.1) is 0 Å². The fraction of sp³-hybridized carbons (Fsp3) is 0.941. The highest BCUT2D eigenvalue weighted by molar-refractivity contribution is 6.26. The molecule has 0 aromatic rings. The van der Waals surface area contributed by atoms with Gasteiger partial charge in [0.2, 0.25) is 5.79 Å². The number of esters is 1. The molecule has 0 heterocycles. The summed E-state index contributed by atoms with van der Waals surface area (Å²) < 4.78 is 11.3. The van der Waals surface area contributed by atoms with Crippen LogP contribution < -0.4 is 0 Å².